The summed E-state index contributed by atoms with van der Waals surface area (Å²) < 4.78 is 0. The average molecular weight is 233 g/mol. The monoisotopic (exact) mass is 233 g/mol. The van der Waals surface area contributed by atoms with Crippen molar-refractivity contribution in [3.8, 4) is 0 Å². The van der Waals surface area contributed by atoms with Crippen LogP contribution >= 0.6 is 0 Å². The SMILES string of the molecule is CCCNc1cccc(NC2CCCC2C)n1. The van der Waals surface area contributed by atoms with Crippen LogP contribution in [0.5, 0.6) is 0 Å². The van der Waals surface area contributed by atoms with Gasteiger partial charge in [-0.1, -0.05) is 26.3 Å². The average Bonchev–Trinajstić information content (AvgIpc) is 2.73. The lowest BCUT2D eigenvalue weighted by Gasteiger charge is -2.18. The van der Waals surface area contributed by atoms with Crippen LogP contribution in [0.1, 0.15) is 39.5 Å². The van der Waals surface area contributed by atoms with E-state index in [2.05, 4.69) is 41.6 Å². The Balaban J connectivity index is 1.95. The molecule has 1 heterocycles. The predicted molar refractivity (Wildman–Crippen MR) is 73.4 cm³/mol. The lowest BCUT2D eigenvalue weighted by Crippen LogP contribution is -2.22. The van der Waals surface area contributed by atoms with E-state index in [1.807, 2.05) is 6.07 Å². The smallest absolute Gasteiger partial charge is 0.128 e. The number of aromatic nitrogens is 1. The van der Waals surface area contributed by atoms with E-state index < -0.39 is 0 Å². The van der Waals surface area contributed by atoms with Crippen molar-refractivity contribution in [1.82, 2.24) is 4.98 Å². The summed E-state index contributed by atoms with van der Waals surface area (Å²) in [5, 5.41) is 6.88. The van der Waals surface area contributed by atoms with Gasteiger partial charge in [0, 0.05) is 12.6 Å². The number of rotatable bonds is 5. The fourth-order valence-electron chi connectivity index (χ4n) is 2.42. The normalized spacial score (nSPS) is 23.6. The van der Waals surface area contributed by atoms with Gasteiger partial charge >= 0.3 is 0 Å². The van der Waals surface area contributed by atoms with Crippen LogP contribution in [0.15, 0.2) is 18.2 Å². The van der Waals surface area contributed by atoms with Gasteiger partial charge in [0.1, 0.15) is 11.6 Å². The first kappa shape index (κ1) is 12.2. The summed E-state index contributed by atoms with van der Waals surface area (Å²) in [6.07, 6.45) is 5.08. The summed E-state index contributed by atoms with van der Waals surface area (Å²) in [6, 6.07) is 6.75. The summed E-state index contributed by atoms with van der Waals surface area (Å²) in [5.41, 5.74) is 0. The molecule has 0 bridgehead atoms. The number of hydrogen-bond donors (Lipinski definition) is 2. The Kier molecular flexibility index (Phi) is 4.24. The molecule has 3 nitrogen and oxygen atoms in total. The van der Waals surface area contributed by atoms with Gasteiger partial charge in [0.15, 0.2) is 0 Å². The number of nitrogens with one attached hydrogen (secondary N) is 2. The Morgan fingerprint density at radius 3 is 2.82 bits per heavy atom. The Hall–Kier alpha value is -1.25. The lowest BCUT2D eigenvalue weighted by atomic mass is 10.1. The summed E-state index contributed by atoms with van der Waals surface area (Å²) >= 11 is 0. The Morgan fingerprint density at radius 1 is 1.29 bits per heavy atom. The first-order valence-electron chi connectivity index (χ1n) is 6.77. The minimum Gasteiger partial charge on any atom is -0.370 e. The van der Waals surface area contributed by atoms with E-state index in [0.29, 0.717) is 6.04 Å². The van der Waals surface area contributed by atoms with Crippen molar-refractivity contribution >= 4 is 11.6 Å². The molecule has 0 spiro atoms. The minimum atomic E-state index is 0.601. The van der Waals surface area contributed by atoms with Crippen LogP contribution in [-0.2, 0) is 0 Å². The molecule has 0 aromatic carbocycles. The summed E-state index contributed by atoms with van der Waals surface area (Å²) in [4.78, 5) is 4.59. The second-order valence-electron chi connectivity index (χ2n) is 4.99. The number of anilines is 2. The maximum Gasteiger partial charge on any atom is 0.128 e. The molecule has 1 fully saturated rings. The molecule has 0 radical (unpaired) electrons. The van der Waals surface area contributed by atoms with Gasteiger partial charge in [-0.3, -0.25) is 0 Å². The summed E-state index contributed by atoms with van der Waals surface area (Å²) in [5.74, 6) is 2.75. The maximum absolute atomic E-state index is 4.59. The molecule has 1 saturated carbocycles. The molecule has 0 amide bonds. The van der Waals surface area contributed by atoms with E-state index in [4.69, 9.17) is 0 Å². The third-order valence-corrected chi connectivity index (χ3v) is 3.50. The Labute approximate surface area is 104 Å². The summed E-state index contributed by atoms with van der Waals surface area (Å²) in [6.45, 7) is 5.47. The van der Waals surface area contributed by atoms with Crippen LogP contribution in [0, 0.1) is 5.92 Å². The van der Waals surface area contributed by atoms with Gasteiger partial charge in [0.2, 0.25) is 0 Å². The first-order chi connectivity index (χ1) is 8.29. The van der Waals surface area contributed by atoms with Gasteiger partial charge < -0.3 is 10.6 Å². The van der Waals surface area contributed by atoms with Crippen LogP contribution in [0.25, 0.3) is 0 Å². The first-order valence-corrected chi connectivity index (χ1v) is 6.77. The molecule has 2 unspecified atom stereocenters. The molecule has 2 rings (SSSR count). The zero-order valence-electron chi connectivity index (χ0n) is 10.9. The highest BCUT2D eigenvalue weighted by Gasteiger charge is 2.23. The number of hydrogen-bond acceptors (Lipinski definition) is 3. The molecule has 17 heavy (non-hydrogen) atoms. The van der Waals surface area contributed by atoms with Crippen molar-refractivity contribution in [2.75, 3.05) is 17.2 Å². The molecule has 1 aromatic heterocycles. The lowest BCUT2D eigenvalue weighted by molar-refractivity contribution is 0.555. The highest BCUT2D eigenvalue weighted by molar-refractivity contribution is 5.45. The molecule has 1 aliphatic rings. The number of pyridine rings is 1. The zero-order chi connectivity index (χ0) is 12.1. The van der Waals surface area contributed by atoms with Crippen molar-refractivity contribution in [2.24, 2.45) is 5.92 Å². The fourth-order valence-corrected chi connectivity index (χ4v) is 2.42. The quantitative estimate of drug-likeness (QED) is 0.817. The molecule has 2 N–H and O–H groups in total. The standard InChI is InChI=1S/C14H23N3/c1-3-10-15-13-8-5-9-14(17-13)16-12-7-4-6-11(12)2/h5,8-9,11-12H,3-4,6-7,10H2,1-2H3,(H2,15,16,17). The second kappa shape index (κ2) is 5.89. The van der Waals surface area contributed by atoms with Gasteiger partial charge in [-0.25, -0.2) is 4.98 Å². The van der Waals surface area contributed by atoms with Crippen LogP contribution < -0.4 is 10.6 Å². The predicted octanol–water partition coefficient (Wildman–Crippen LogP) is 3.50. The third-order valence-electron chi connectivity index (χ3n) is 3.50. The molecule has 0 aliphatic heterocycles. The molecular weight excluding hydrogens is 210 g/mol. The fraction of sp³-hybridized carbons (Fsp3) is 0.643. The van der Waals surface area contributed by atoms with Crippen molar-refractivity contribution < 1.29 is 0 Å². The number of nitrogens with zero attached hydrogens (tertiary/aromatic N) is 1. The third kappa shape index (κ3) is 3.35. The summed E-state index contributed by atoms with van der Waals surface area (Å²) in [7, 11) is 0. The van der Waals surface area contributed by atoms with Gasteiger partial charge in [-0.15, -0.1) is 0 Å². The van der Waals surface area contributed by atoms with Crippen molar-refractivity contribution in [3.05, 3.63) is 18.2 Å². The highest BCUT2D eigenvalue weighted by Crippen LogP contribution is 2.27. The van der Waals surface area contributed by atoms with Crippen LogP contribution in [0.4, 0.5) is 11.6 Å². The molecule has 94 valence electrons. The van der Waals surface area contributed by atoms with Crippen LogP contribution in [0.2, 0.25) is 0 Å². The Morgan fingerprint density at radius 2 is 2.12 bits per heavy atom. The van der Waals surface area contributed by atoms with E-state index in [-0.39, 0.29) is 0 Å². The van der Waals surface area contributed by atoms with Gasteiger partial charge in [0.05, 0.1) is 0 Å². The van der Waals surface area contributed by atoms with E-state index >= 15 is 0 Å². The largest absolute Gasteiger partial charge is 0.370 e. The molecule has 0 saturated heterocycles. The Bertz CT molecular complexity index is 351. The van der Waals surface area contributed by atoms with E-state index in [1.54, 1.807) is 0 Å². The highest BCUT2D eigenvalue weighted by atomic mass is 15.1. The maximum atomic E-state index is 4.59. The second-order valence-corrected chi connectivity index (χ2v) is 4.99. The van der Waals surface area contributed by atoms with E-state index in [0.717, 1.165) is 30.5 Å². The van der Waals surface area contributed by atoms with E-state index in [9.17, 15) is 0 Å². The van der Waals surface area contributed by atoms with Crippen molar-refractivity contribution in [2.45, 2.75) is 45.6 Å². The minimum absolute atomic E-state index is 0.601. The molecule has 3 heteroatoms. The van der Waals surface area contributed by atoms with E-state index in [1.165, 1.54) is 19.3 Å². The topological polar surface area (TPSA) is 37.0 Å². The van der Waals surface area contributed by atoms with Crippen LogP contribution in [0.3, 0.4) is 0 Å². The van der Waals surface area contributed by atoms with Crippen molar-refractivity contribution in [3.63, 3.8) is 0 Å². The van der Waals surface area contributed by atoms with Crippen LogP contribution in [-0.4, -0.2) is 17.6 Å². The molecular formula is C14H23N3. The van der Waals surface area contributed by atoms with Gasteiger partial charge in [-0.05, 0) is 37.3 Å². The van der Waals surface area contributed by atoms with Crippen molar-refractivity contribution in [1.29, 1.82) is 0 Å². The molecule has 2 atom stereocenters. The van der Waals surface area contributed by atoms with Gasteiger partial charge in [0.25, 0.3) is 0 Å². The molecule has 1 aliphatic carbocycles. The zero-order valence-corrected chi connectivity index (χ0v) is 10.9. The van der Waals surface area contributed by atoms with Gasteiger partial charge in [-0.2, -0.15) is 0 Å². The molecule has 1 aromatic rings.